The first-order valence-electron chi connectivity index (χ1n) is 5.16. The first-order valence-corrected chi connectivity index (χ1v) is 5.16. The minimum Gasteiger partial charge on any atom is -0.350 e. The molecule has 0 saturated carbocycles. The number of nitrogens with two attached hydrogens (primary N) is 1. The molecule has 1 aromatic heterocycles. The highest BCUT2D eigenvalue weighted by atomic mass is 19.1. The first-order chi connectivity index (χ1) is 7.06. The molecule has 1 rings (SSSR count). The van der Waals surface area contributed by atoms with Gasteiger partial charge in [0.1, 0.15) is 11.6 Å². The van der Waals surface area contributed by atoms with Gasteiger partial charge in [0.2, 0.25) is 0 Å². The first kappa shape index (κ1) is 11.9. The third-order valence-corrected chi connectivity index (χ3v) is 2.35. The van der Waals surface area contributed by atoms with Gasteiger partial charge in [-0.25, -0.2) is 9.37 Å². The number of nitrogens with zero attached hydrogens (tertiary/aromatic N) is 2. The van der Waals surface area contributed by atoms with Gasteiger partial charge >= 0.3 is 0 Å². The van der Waals surface area contributed by atoms with E-state index in [1.165, 1.54) is 12.3 Å². The molecule has 2 N–H and O–H groups in total. The van der Waals surface area contributed by atoms with Crippen molar-refractivity contribution in [2.45, 2.75) is 32.9 Å². The Balaban J connectivity index is 2.94. The third-order valence-electron chi connectivity index (χ3n) is 2.35. The molecule has 1 unspecified atom stereocenters. The average Bonchev–Trinajstić information content (AvgIpc) is 2.20. The molecule has 0 aromatic carbocycles. The molecule has 1 heterocycles. The molecular weight excluding hydrogens is 193 g/mol. The van der Waals surface area contributed by atoms with E-state index >= 15 is 0 Å². The monoisotopic (exact) mass is 211 g/mol. The maximum Gasteiger partial charge on any atom is 0.141 e. The Morgan fingerprint density at radius 1 is 1.40 bits per heavy atom. The minimum absolute atomic E-state index is 0.197. The Morgan fingerprint density at radius 2 is 2.07 bits per heavy atom. The minimum atomic E-state index is -0.317. The number of pyridine rings is 1. The summed E-state index contributed by atoms with van der Waals surface area (Å²) in [6, 6.07) is 3.59. The molecule has 3 nitrogen and oxygen atoms in total. The molecule has 15 heavy (non-hydrogen) atoms. The average molecular weight is 211 g/mol. The van der Waals surface area contributed by atoms with Gasteiger partial charge < -0.3 is 10.6 Å². The molecule has 1 aromatic rings. The van der Waals surface area contributed by atoms with Gasteiger partial charge in [-0.05, 0) is 32.9 Å². The van der Waals surface area contributed by atoms with Crippen LogP contribution in [0.3, 0.4) is 0 Å². The fourth-order valence-corrected chi connectivity index (χ4v) is 1.63. The van der Waals surface area contributed by atoms with Crippen molar-refractivity contribution in [2.24, 2.45) is 5.73 Å². The van der Waals surface area contributed by atoms with Gasteiger partial charge in [0.25, 0.3) is 0 Å². The number of hydrogen-bond acceptors (Lipinski definition) is 3. The number of aromatic nitrogens is 1. The van der Waals surface area contributed by atoms with Crippen LogP contribution in [-0.4, -0.2) is 23.6 Å². The van der Waals surface area contributed by atoms with Gasteiger partial charge in [-0.15, -0.1) is 0 Å². The normalized spacial score (nSPS) is 12.9. The highest BCUT2D eigenvalue weighted by molar-refractivity contribution is 5.40. The van der Waals surface area contributed by atoms with Crippen LogP contribution in [0, 0.1) is 5.82 Å². The van der Waals surface area contributed by atoms with E-state index in [-0.39, 0.29) is 11.9 Å². The number of hydrogen-bond donors (Lipinski definition) is 1. The van der Waals surface area contributed by atoms with Gasteiger partial charge in [0.05, 0.1) is 6.20 Å². The van der Waals surface area contributed by atoms with E-state index in [2.05, 4.69) is 23.7 Å². The number of anilines is 1. The third kappa shape index (κ3) is 2.89. The molecule has 0 spiro atoms. The molecule has 0 aliphatic heterocycles. The van der Waals surface area contributed by atoms with Crippen molar-refractivity contribution >= 4 is 5.82 Å². The van der Waals surface area contributed by atoms with Gasteiger partial charge in [-0.3, -0.25) is 0 Å². The SMILES string of the molecule is CC(C)N(c1ccc(F)cn1)C(C)CN. The highest BCUT2D eigenvalue weighted by Gasteiger charge is 2.17. The molecule has 0 aliphatic carbocycles. The van der Waals surface area contributed by atoms with Gasteiger partial charge in [0, 0.05) is 18.6 Å². The lowest BCUT2D eigenvalue weighted by Gasteiger charge is -2.33. The molecule has 0 bridgehead atoms. The van der Waals surface area contributed by atoms with E-state index in [1.54, 1.807) is 6.07 Å². The van der Waals surface area contributed by atoms with Crippen LogP contribution in [0.4, 0.5) is 10.2 Å². The molecule has 0 saturated heterocycles. The Bertz CT molecular complexity index is 297. The zero-order valence-corrected chi connectivity index (χ0v) is 9.44. The van der Waals surface area contributed by atoms with E-state index in [0.29, 0.717) is 12.6 Å². The zero-order chi connectivity index (χ0) is 11.4. The predicted molar refractivity (Wildman–Crippen MR) is 60.3 cm³/mol. The fraction of sp³-hybridized carbons (Fsp3) is 0.545. The van der Waals surface area contributed by atoms with Crippen LogP contribution in [0.1, 0.15) is 20.8 Å². The Kier molecular flexibility index (Phi) is 4.03. The van der Waals surface area contributed by atoms with Crippen molar-refractivity contribution in [1.29, 1.82) is 0 Å². The van der Waals surface area contributed by atoms with Crippen molar-refractivity contribution in [3.63, 3.8) is 0 Å². The van der Waals surface area contributed by atoms with Gasteiger partial charge in [0.15, 0.2) is 0 Å². The quantitative estimate of drug-likeness (QED) is 0.825. The molecular formula is C11H18FN3. The lowest BCUT2D eigenvalue weighted by atomic mass is 10.2. The van der Waals surface area contributed by atoms with Crippen molar-refractivity contribution in [1.82, 2.24) is 4.98 Å². The maximum absolute atomic E-state index is 12.7. The van der Waals surface area contributed by atoms with Crippen LogP contribution in [-0.2, 0) is 0 Å². The van der Waals surface area contributed by atoms with E-state index < -0.39 is 0 Å². The fourth-order valence-electron chi connectivity index (χ4n) is 1.63. The van der Waals surface area contributed by atoms with Crippen molar-refractivity contribution in [3.8, 4) is 0 Å². The van der Waals surface area contributed by atoms with Gasteiger partial charge in [-0.2, -0.15) is 0 Å². The van der Waals surface area contributed by atoms with Crippen LogP contribution in [0.5, 0.6) is 0 Å². The van der Waals surface area contributed by atoms with Crippen LogP contribution in [0.25, 0.3) is 0 Å². The van der Waals surface area contributed by atoms with Crippen LogP contribution >= 0.6 is 0 Å². The topological polar surface area (TPSA) is 42.2 Å². The molecule has 0 aliphatic rings. The summed E-state index contributed by atoms with van der Waals surface area (Å²) in [5, 5.41) is 0. The van der Waals surface area contributed by atoms with E-state index in [9.17, 15) is 4.39 Å². The largest absolute Gasteiger partial charge is 0.350 e. The molecule has 4 heteroatoms. The summed E-state index contributed by atoms with van der Waals surface area (Å²) < 4.78 is 12.7. The van der Waals surface area contributed by atoms with E-state index in [1.807, 2.05) is 6.92 Å². The second-order valence-electron chi connectivity index (χ2n) is 3.92. The molecule has 84 valence electrons. The van der Waals surface area contributed by atoms with E-state index in [0.717, 1.165) is 5.82 Å². The second kappa shape index (κ2) is 5.07. The van der Waals surface area contributed by atoms with Crippen molar-refractivity contribution in [3.05, 3.63) is 24.1 Å². The summed E-state index contributed by atoms with van der Waals surface area (Å²) in [7, 11) is 0. The zero-order valence-electron chi connectivity index (χ0n) is 9.44. The van der Waals surface area contributed by atoms with Crippen molar-refractivity contribution in [2.75, 3.05) is 11.4 Å². The summed E-state index contributed by atoms with van der Waals surface area (Å²) in [6.45, 7) is 6.72. The summed E-state index contributed by atoms with van der Waals surface area (Å²) in [4.78, 5) is 6.15. The summed E-state index contributed by atoms with van der Waals surface area (Å²) in [5.41, 5.74) is 5.63. The number of rotatable bonds is 4. The van der Waals surface area contributed by atoms with Crippen molar-refractivity contribution < 1.29 is 4.39 Å². The highest BCUT2D eigenvalue weighted by Crippen LogP contribution is 2.16. The van der Waals surface area contributed by atoms with Crippen LogP contribution in [0.15, 0.2) is 18.3 Å². The second-order valence-corrected chi connectivity index (χ2v) is 3.92. The maximum atomic E-state index is 12.7. The summed E-state index contributed by atoms with van der Waals surface area (Å²) in [6.07, 6.45) is 1.23. The molecule has 0 amide bonds. The van der Waals surface area contributed by atoms with Crippen LogP contribution < -0.4 is 10.6 Å². The Hall–Kier alpha value is -1.16. The standard InChI is InChI=1S/C11H18FN3/c1-8(2)15(9(3)6-13)11-5-4-10(12)7-14-11/h4-5,7-9H,6,13H2,1-3H3. The number of halogens is 1. The predicted octanol–water partition coefficient (Wildman–Crippen LogP) is 1.78. The Morgan fingerprint density at radius 3 is 2.47 bits per heavy atom. The smallest absolute Gasteiger partial charge is 0.141 e. The molecule has 0 fully saturated rings. The van der Waals surface area contributed by atoms with Crippen LogP contribution in [0.2, 0.25) is 0 Å². The summed E-state index contributed by atoms with van der Waals surface area (Å²) in [5.74, 6) is 0.451. The van der Waals surface area contributed by atoms with Gasteiger partial charge in [-0.1, -0.05) is 0 Å². The lowest BCUT2D eigenvalue weighted by Crippen LogP contribution is -2.43. The molecule has 0 radical (unpaired) electrons. The lowest BCUT2D eigenvalue weighted by molar-refractivity contribution is 0.569. The summed E-state index contributed by atoms with van der Waals surface area (Å²) >= 11 is 0. The molecule has 1 atom stereocenters. The Labute approximate surface area is 90.1 Å². The van der Waals surface area contributed by atoms with E-state index in [4.69, 9.17) is 5.73 Å².